The lowest BCUT2D eigenvalue weighted by molar-refractivity contribution is 0.102. The van der Waals surface area contributed by atoms with E-state index in [0.29, 0.717) is 34.1 Å². The van der Waals surface area contributed by atoms with Crippen molar-refractivity contribution < 1.29 is 18.7 Å². The Morgan fingerprint density at radius 2 is 1.90 bits per heavy atom. The smallest absolute Gasteiger partial charge is 0.275 e. The van der Waals surface area contributed by atoms with Gasteiger partial charge in [-0.2, -0.15) is 0 Å². The predicted molar refractivity (Wildman–Crippen MR) is 106 cm³/mol. The Kier molecular flexibility index (Phi) is 4.82. The molecule has 1 amide bonds. The maximum atomic E-state index is 13.2. The van der Waals surface area contributed by atoms with Gasteiger partial charge in [0, 0.05) is 30.2 Å². The van der Waals surface area contributed by atoms with Gasteiger partial charge >= 0.3 is 0 Å². The highest BCUT2D eigenvalue weighted by Gasteiger charge is 2.16. The molecule has 0 aliphatic carbocycles. The van der Waals surface area contributed by atoms with Gasteiger partial charge in [0.15, 0.2) is 5.65 Å². The van der Waals surface area contributed by atoms with Crippen molar-refractivity contribution in [1.29, 1.82) is 0 Å². The van der Waals surface area contributed by atoms with Crippen LogP contribution in [0.3, 0.4) is 0 Å². The van der Waals surface area contributed by atoms with E-state index in [2.05, 4.69) is 15.3 Å². The number of aromatic nitrogens is 3. The van der Waals surface area contributed by atoms with Crippen LogP contribution in [0.2, 0.25) is 0 Å². The lowest BCUT2D eigenvalue weighted by atomic mass is 10.1. The van der Waals surface area contributed by atoms with Crippen molar-refractivity contribution in [3.05, 3.63) is 72.6 Å². The van der Waals surface area contributed by atoms with E-state index in [1.807, 2.05) is 0 Å². The lowest BCUT2D eigenvalue weighted by Crippen LogP contribution is -2.13. The van der Waals surface area contributed by atoms with Gasteiger partial charge < -0.3 is 19.2 Å². The number of methoxy groups -OCH3 is 2. The van der Waals surface area contributed by atoms with Gasteiger partial charge in [-0.05, 0) is 36.4 Å². The number of nitrogens with zero attached hydrogens (tertiary/aromatic N) is 3. The van der Waals surface area contributed by atoms with Crippen molar-refractivity contribution in [2.24, 2.45) is 0 Å². The molecule has 7 nitrogen and oxygen atoms in total. The van der Waals surface area contributed by atoms with Crippen LogP contribution in [0.25, 0.3) is 16.9 Å². The van der Waals surface area contributed by atoms with E-state index < -0.39 is 5.91 Å². The molecule has 4 aromatic rings. The summed E-state index contributed by atoms with van der Waals surface area (Å²) in [5.74, 6) is 0.345. The van der Waals surface area contributed by atoms with E-state index in [1.54, 1.807) is 60.4 Å². The minimum Gasteiger partial charge on any atom is -0.497 e. The van der Waals surface area contributed by atoms with E-state index in [0.717, 1.165) is 0 Å². The monoisotopic (exact) mass is 392 g/mol. The van der Waals surface area contributed by atoms with Crippen LogP contribution in [0.4, 0.5) is 10.1 Å². The number of fused-ring (bicyclic) bond motifs is 1. The Bertz CT molecular complexity index is 1190. The van der Waals surface area contributed by atoms with Crippen molar-refractivity contribution in [3.8, 4) is 22.8 Å². The number of imidazole rings is 1. The number of rotatable bonds is 5. The highest BCUT2D eigenvalue weighted by molar-refractivity contribution is 6.04. The third-order valence-corrected chi connectivity index (χ3v) is 4.38. The number of carbonyl (C=O) groups excluding carboxylic acids is 1. The quantitative estimate of drug-likeness (QED) is 0.559. The first-order chi connectivity index (χ1) is 14.1. The largest absolute Gasteiger partial charge is 0.497 e. The maximum absolute atomic E-state index is 13.2. The van der Waals surface area contributed by atoms with Gasteiger partial charge in [0.05, 0.1) is 19.9 Å². The summed E-state index contributed by atoms with van der Waals surface area (Å²) in [6.07, 6.45) is 4.90. The van der Waals surface area contributed by atoms with E-state index in [1.165, 1.54) is 19.2 Å². The molecule has 29 heavy (non-hydrogen) atoms. The van der Waals surface area contributed by atoms with Crippen LogP contribution in [0, 0.1) is 5.82 Å². The number of nitrogens with one attached hydrogen (secondary N) is 1. The maximum Gasteiger partial charge on any atom is 0.275 e. The minimum atomic E-state index is -0.401. The molecule has 0 radical (unpaired) electrons. The molecule has 2 heterocycles. The van der Waals surface area contributed by atoms with Gasteiger partial charge in [-0.3, -0.25) is 9.78 Å². The molecule has 0 bridgehead atoms. The second-order valence-corrected chi connectivity index (χ2v) is 6.16. The molecule has 4 rings (SSSR count). The van der Waals surface area contributed by atoms with Crippen LogP contribution in [0.5, 0.6) is 11.5 Å². The summed E-state index contributed by atoms with van der Waals surface area (Å²) in [5.41, 5.74) is 2.44. The van der Waals surface area contributed by atoms with E-state index in [4.69, 9.17) is 9.47 Å². The summed E-state index contributed by atoms with van der Waals surface area (Å²) in [7, 11) is 3.06. The summed E-state index contributed by atoms with van der Waals surface area (Å²) in [6.45, 7) is 0. The molecular formula is C21H17FN4O3. The van der Waals surface area contributed by atoms with Crippen LogP contribution in [0.1, 0.15) is 10.5 Å². The lowest BCUT2D eigenvalue weighted by Gasteiger charge is -2.10. The van der Waals surface area contributed by atoms with Gasteiger partial charge in [-0.1, -0.05) is 0 Å². The molecule has 2 aromatic carbocycles. The topological polar surface area (TPSA) is 77.8 Å². The second kappa shape index (κ2) is 7.59. The third-order valence-electron chi connectivity index (χ3n) is 4.38. The normalized spacial score (nSPS) is 10.7. The Labute approximate surface area is 165 Å². The molecule has 0 spiro atoms. The van der Waals surface area contributed by atoms with Crippen LogP contribution in [-0.4, -0.2) is 34.5 Å². The van der Waals surface area contributed by atoms with E-state index in [9.17, 15) is 9.18 Å². The first kappa shape index (κ1) is 18.4. The van der Waals surface area contributed by atoms with Gasteiger partial charge in [0.25, 0.3) is 5.91 Å². The molecule has 0 saturated carbocycles. The molecule has 8 heteroatoms. The molecule has 146 valence electrons. The van der Waals surface area contributed by atoms with Crippen LogP contribution < -0.4 is 14.8 Å². The summed E-state index contributed by atoms with van der Waals surface area (Å²) >= 11 is 0. The minimum absolute atomic E-state index is 0.208. The fraction of sp³-hybridized carbons (Fsp3) is 0.0952. The molecule has 2 aromatic heterocycles. The summed E-state index contributed by atoms with van der Waals surface area (Å²) in [6, 6.07) is 11.0. The molecule has 0 unspecified atom stereocenters. The van der Waals surface area contributed by atoms with Crippen molar-refractivity contribution in [2.45, 2.75) is 0 Å². The number of hydrogen-bond donors (Lipinski definition) is 1. The Morgan fingerprint density at radius 3 is 2.62 bits per heavy atom. The van der Waals surface area contributed by atoms with E-state index >= 15 is 0 Å². The SMILES string of the molecule is COc1ccc(NC(=O)c2cn3ccnc(-c4ccc(F)cc4)c3n2)c(OC)c1. The number of halogens is 1. The third kappa shape index (κ3) is 3.60. The Hall–Kier alpha value is -3.94. The molecule has 0 fully saturated rings. The summed E-state index contributed by atoms with van der Waals surface area (Å²) in [4.78, 5) is 21.5. The summed E-state index contributed by atoms with van der Waals surface area (Å²) < 4.78 is 25.4. The zero-order valence-corrected chi connectivity index (χ0v) is 15.7. The zero-order chi connectivity index (χ0) is 20.4. The molecule has 0 saturated heterocycles. The molecule has 0 atom stereocenters. The standard InChI is InChI=1S/C21H17FN4O3/c1-28-15-7-8-16(18(11-15)29-2)25-21(27)17-12-26-10-9-23-19(20(26)24-17)13-3-5-14(22)6-4-13/h3-12H,1-2H3,(H,25,27). The summed E-state index contributed by atoms with van der Waals surface area (Å²) in [5, 5.41) is 2.79. The number of benzene rings is 2. The van der Waals surface area contributed by atoms with E-state index in [-0.39, 0.29) is 11.5 Å². The average molecular weight is 392 g/mol. The molecule has 1 N–H and O–H groups in total. The van der Waals surface area contributed by atoms with Crippen molar-refractivity contribution in [2.75, 3.05) is 19.5 Å². The predicted octanol–water partition coefficient (Wildman–Crippen LogP) is 3.80. The van der Waals surface area contributed by atoms with Crippen LogP contribution in [0.15, 0.2) is 61.1 Å². The molecular weight excluding hydrogens is 375 g/mol. The van der Waals surface area contributed by atoms with Crippen LogP contribution in [-0.2, 0) is 0 Å². The Balaban J connectivity index is 1.67. The van der Waals surface area contributed by atoms with Gasteiger partial charge in [0.1, 0.15) is 28.7 Å². The highest BCUT2D eigenvalue weighted by atomic mass is 19.1. The fourth-order valence-corrected chi connectivity index (χ4v) is 2.93. The molecule has 0 aliphatic rings. The number of anilines is 1. The number of carbonyl (C=O) groups is 1. The fourth-order valence-electron chi connectivity index (χ4n) is 2.93. The number of ether oxygens (including phenoxy) is 2. The number of amides is 1. The first-order valence-electron chi connectivity index (χ1n) is 8.72. The van der Waals surface area contributed by atoms with Crippen molar-refractivity contribution in [1.82, 2.24) is 14.4 Å². The Morgan fingerprint density at radius 1 is 1.10 bits per heavy atom. The average Bonchev–Trinajstić information content (AvgIpc) is 3.19. The molecule has 0 aliphatic heterocycles. The zero-order valence-electron chi connectivity index (χ0n) is 15.7. The van der Waals surface area contributed by atoms with Crippen molar-refractivity contribution >= 4 is 17.2 Å². The van der Waals surface area contributed by atoms with Crippen LogP contribution >= 0.6 is 0 Å². The van der Waals surface area contributed by atoms with Gasteiger partial charge in [-0.15, -0.1) is 0 Å². The van der Waals surface area contributed by atoms with Gasteiger partial charge in [-0.25, -0.2) is 9.37 Å². The highest BCUT2D eigenvalue weighted by Crippen LogP contribution is 2.29. The first-order valence-corrected chi connectivity index (χ1v) is 8.72. The number of hydrogen-bond acceptors (Lipinski definition) is 5. The van der Waals surface area contributed by atoms with Crippen molar-refractivity contribution in [3.63, 3.8) is 0 Å². The van der Waals surface area contributed by atoms with Gasteiger partial charge in [0.2, 0.25) is 0 Å². The second-order valence-electron chi connectivity index (χ2n) is 6.16.